The fourth-order valence-corrected chi connectivity index (χ4v) is 3.91. The first-order valence-corrected chi connectivity index (χ1v) is 12.4. The maximum atomic E-state index is 5.01. The fourth-order valence-electron chi connectivity index (χ4n) is 3.91. The maximum absolute atomic E-state index is 5.01. The van der Waals surface area contributed by atoms with Gasteiger partial charge >= 0.3 is 0 Å². The van der Waals surface area contributed by atoms with Crippen molar-refractivity contribution in [3.05, 3.63) is 97.1 Å². The van der Waals surface area contributed by atoms with Crippen LogP contribution in [0.1, 0.15) is 53.2 Å². The molecule has 5 rings (SSSR count). The molecule has 0 bridgehead atoms. The molecule has 0 radical (unpaired) electrons. The Bertz CT molecular complexity index is 1380. The molecule has 5 aromatic rings. The van der Waals surface area contributed by atoms with Gasteiger partial charge in [-0.3, -0.25) is 4.90 Å². The highest BCUT2D eigenvalue weighted by Gasteiger charge is 2.28. The van der Waals surface area contributed by atoms with E-state index in [9.17, 15) is 0 Å². The zero-order valence-electron chi connectivity index (χ0n) is 22.2. The Hall–Kier alpha value is -4.33. The maximum Gasteiger partial charge on any atom is 0.238 e. The van der Waals surface area contributed by atoms with Crippen LogP contribution < -0.4 is 4.90 Å². The van der Waals surface area contributed by atoms with E-state index in [0.29, 0.717) is 5.95 Å². The molecule has 0 N–H and O–H groups in total. The van der Waals surface area contributed by atoms with Gasteiger partial charge in [-0.05, 0) is 48.5 Å². The molecule has 0 spiro atoms. The summed E-state index contributed by atoms with van der Waals surface area (Å²) in [5.41, 5.74) is 3.20. The first-order valence-electron chi connectivity index (χ1n) is 12.4. The molecule has 8 heteroatoms. The molecule has 37 heavy (non-hydrogen) atoms. The van der Waals surface area contributed by atoms with Crippen LogP contribution in [0, 0.1) is 0 Å². The SMILES string of the molecule is CC(C)(C)c1nc(N(c2cccc(-n3cccn3)c2)c2cccc(-n3cccn3)c2)nc(C(C)(C)C)n1. The largest absolute Gasteiger partial charge is 0.279 e. The Labute approximate surface area is 217 Å². The summed E-state index contributed by atoms with van der Waals surface area (Å²) in [6, 6.07) is 20.2. The Balaban J connectivity index is 1.75. The monoisotopic (exact) mass is 492 g/mol. The summed E-state index contributed by atoms with van der Waals surface area (Å²) in [5.74, 6) is 2.07. The Morgan fingerprint density at radius 2 is 1.05 bits per heavy atom. The molecule has 0 aliphatic rings. The summed E-state index contributed by atoms with van der Waals surface area (Å²) in [6.45, 7) is 12.7. The van der Waals surface area contributed by atoms with Gasteiger partial charge in [-0.1, -0.05) is 53.7 Å². The van der Waals surface area contributed by atoms with E-state index < -0.39 is 0 Å². The topological polar surface area (TPSA) is 77.5 Å². The Morgan fingerprint density at radius 3 is 1.43 bits per heavy atom. The second kappa shape index (κ2) is 9.28. The molecule has 0 unspecified atom stereocenters. The van der Waals surface area contributed by atoms with Crippen LogP contribution in [-0.4, -0.2) is 34.5 Å². The molecule has 188 valence electrons. The van der Waals surface area contributed by atoms with Crippen LogP contribution in [0.15, 0.2) is 85.5 Å². The van der Waals surface area contributed by atoms with E-state index in [0.717, 1.165) is 34.4 Å². The van der Waals surface area contributed by atoms with Crippen molar-refractivity contribution in [2.75, 3.05) is 4.90 Å². The second-order valence-corrected chi connectivity index (χ2v) is 11.1. The third kappa shape index (κ3) is 5.14. The van der Waals surface area contributed by atoms with Crippen molar-refractivity contribution in [3.63, 3.8) is 0 Å². The standard InChI is InChI=1S/C29H32N8/c1-28(2,3)25-32-26(29(4,5)6)34-27(33-25)37(23-13-7-11-21(19-23)35-17-9-15-30-35)24-14-8-12-22(20-24)36-18-10-16-31-36/h7-20H,1-6H3. The number of anilines is 3. The number of hydrogen-bond acceptors (Lipinski definition) is 6. The highest BCUT2D eigenvalue weighted by Crippen LogP contribution is 2.36. The lowest BCUT2D eigenvalue weighted by molar-refractivity contribution is 0.496. The van der Waals surface area contributed by atoms with Gasteiger partial charge in [-0.2, -0.15) is 20.2 Å². The van der Waals surface area contributed by atoms with Crippen LogP contribution in [0.4, 0.5) is 17.3 Å². The number of aromatic nitrogens is 7. The van der Waals surface area contributed by atoms with E-state index in [1.807, 2.05) is 58.2 Å². The van der Waals surface area contributed by atoms with Crippen molar-refractivity contribution in [3.8, 4) is 11.4 Å². The Morgan fingerprint density at radius 1 is 0.595 bits per heavy atom. The number of benzene rings is 2. The van der Waals surface area contributed by atoms with Gasteiger partial charge in [0, 0.05) is 35.6 Å². The van der Waals surface area contributed by atoms with Crippen molar-refractivity contribution >= 4 is 17.3 Å². The number of nitrogens with zero attached hydrogens (tertiary/aromatic N) is 8. The summed E-state index contributed by atoms with van der Waals surface area (Å²) < 4.78 is 3.69. The molecule has 0 saturated carbocycles. The van der Waals surface area contributed by atoms with Crippen molar-refractivity contribution in [1.82, 2.24) is 34.5 Å². The Kier molecular flexibility index (Phi) is 6.11. The van der Waals surface area contributed by atoms with E-state index in [1.165, 1.54) is 0 Å². The van der Waals surface area contributed by atoms with E-state index in [1.54, 1.807) is 12.4 Å². The third-order valence-corrected chi connectivity index (χ3v) is 5.88. The van der Waals surface area contributed by atoms with Crippen LogP contribution in [0.3, 0.4) is 0 Å². The molecule has 8 nitrogen and oxygen atoms in total. The predicted molar refractivity (Wildman–Crippen MR) is 146 cm³/mol. The lowest BCUT2D eigenvalue weighted by Crippen LogP contribution is -2.26. The van der Waals surface area contributed by atoms with Crippen molar-refractivity contribution in [1.29, 1.82) is 0 Å². The average Bonchev–Trinajstić information content (AvgIpc) is 3.58. The van der Waals surface area contributed by atoms with E-state index in [4.69, 9.17) is 15.0 Å². The van der Waals surface area contributed by atoms with E-state index >= 15 is 0 Å². The van der Waals surface area contributed by atoms with Crippen molar-refractivity contribution < 1.29 is 0 Å². The van der Waals surface area contributed by atoms with Crippen LogP contribution in [0.25, 0.3) is 11.4 Å². The van der Waals surface area contributed by atoms with Gasteiger partial charge in [0.2, 0.25) is 5.95 Å². The molecule has 2 aromatic carbocycles. The van der Waals surface area contributed by atoms with Gasteiger partial charge < -0.3 is 0 Å². The highest BCUT2D eigenvalue weighted by molar-refractivity contribution is 5.75. The first kappa shape index (κ1) is 24.4. The van der Waals surface area contributed by atoms with Crippen LogP contribution in [0.5, 0.6) is 0 Å². The zero-order valence-corrected chi connectivity index (χ0v) is 22.2. The quantitative estimate of drug-likeness (QED) is 0.286. The zero-order chi connectivity index (χ0) is 26.2. The molecule has 3 aromatic heterocycles. The molecule has 0 aliphatic carbocycles. The molecule has 0 fully saturated rings. The van der Waals surface area contributed by atoms with Crippen molar-refractivity contribution in [2.45, 2.75) is 52.4 Å². The minimum Gasteiger partial charge on any atom is -0.279 e. The highest BCUT2D eigenvalue weighted by atomic mass is 15.3. The lowest BCUT2D eigenvalue weighted by atomic mass is 9.93. The normalized spacial score (nSPS) is 12.1. The molecule has 3 heterocycles. The van der Waals surface area contributed by atoms with Gasteiger partial charge in [-0.15, -0.1) is 0 Å². The fraction of sp³-hybridized carbons (Fsp3) is 0.276. The van der Waals surface area contributed by atoms with Gasteiger partial charge in [0.15, 0.2) is 0 Å². The minimum absolute atomic E-state index is 0.253. The van der Waals surface area contributed by atoms with E-state index in [2.05, 4.69) is 80.9 Å². The molecule has 0 amide bonds. The molecule has 0 aliphatic heterocycles. The lowest BCUT2D eigenvalue weighted by Gasteiger charge is -2.28. The number of hydrogen-bond donors (Lipinski definition) is 0. The third-order valence-electron chi connectivity index (χ3n) is 5.88. The molecule has 0 atom stereocenters. The van der Waals surface area contributed by atoms with Crippen LogP contribution in [0.2, 0.25) is 0 Å². The summed E-state index contributed by atoms with van der Waals surface area (Å²) >= 11 is 0. The number of rotatable bonds is 5. The smallest absolute Gasteiger partial charge is 0.238 e. The summed E-state index contributed by atoms with van der Waals surface area (Å²) in [6.07, 6.45) is 7.41. The summed E-state index contributed by atoms with van der Waals surface area (Å²) in [4.78, 5) is 17.0. The molecular weight excluding hydrogens is 460 g/mol. The van der Waals surface area contributed by atoms with Crippen LogP contribution >= 0.6 is 0 Å². The molecular formula is C29H32N8. The second-order valence-electron chi connectivity index (χ2n) is 11.1. The minimum atomic E-state index is -0.253. The first-order chi connectivity index (χ1) is 17.6. The van der Waals surface area contributed by atoms with Gasteiger partial charge in [-0.25, -0.2) is 14.3 Å². The van der Waals surface area contributed by atoms with E-state index in [-0.39, 0.29) is 10.8 Å². The van der Waals surface area contributed by atoms with Gasteiger partial charge in [0.1, 0.15) is 11.6 Å². The van der Waals surface area contributed by atoms with Crippen molar-refractivity contribution in [2.24, 2.45) is 0 Å². The molecule has 0 saturated heterocycles. The summed E-state index contributed by atoms with van der Waals surface area (Å²) in [5, 5.41) is 8.84. The predicted octanol–water partition coefficient (Wildman–Crippen LogP) is 6.31. The van der Waals surface area contributed by atoms with Gasteiger partial charge in [0.05, 0.1) is 22.7 Å². The summed E-state index contributed by atoms with van der Waals surface area (Å²) in [7, 11) is 0. The average molecular weight is 493 g/mol. The van der Waals surface area contributed by atoms with Gasteiger partial charge in [0.25, 0.3) is 0 Å². The van der Waals surface area contributed by atoms with Crippen LogP contribution in [-0.2, 0) is 10.8 Å².